The highest BCUT2D eigenvalue weighted by atomic mass is 16.2. The minimum Gasteiger partial charge on any atom is -0.343 e. The molecule has 2 aromatic rings. The number of carbonyl (C=O) groups excluding carboxylic acids is 2. The number of benzene rings is 2. The van der Waals surface area contributed by atoms with Crippen LogP contribution in [0.5, 0.6) is 0 Å². The molecule has 3 heteroatoms. The van der Waals surface area contributed by atoms with Gasteiger partial charge >= 0.3 is 0 Å². The van der Waals surface area contributed by atoms with Gasteiger partial charge in [-0.2, -0.15) is 0 Å². The van der Waals surface area contributed by atoms with Gasteiger partial charge in [-0.15, -0.1) is 0 Å². The molecule has 25 heavy (non-hydrogen) atoms. The summed E-state index contributed by atoms with van der Waals surface area (Å²) in [6, 6.07) is 17.2. The number of aryl methyl sites for hydroxylation is 1. The fourth-order valence-electron chi connectivity index (χ4n) is 3.13. The molecule has 0 aliphatic rings. The van der Waals surface area contributed by atoms with E-state index in [0.717, 1.165) is 11.1 Å². The minimum atomic E-state index is -0.879. The number of nitrogens with zero attached hydrogens (tertiary/aromatic N) is 1. The van der Waals surface area contributed by atoms with Crippen LogP contribution in [0.2, 0.25) is 0 Å². The van der Waals surface area contributed by atoms with Gasteiger partial charge in [-0.25, -0.2) is 0 Å². The first-order valence-corrected chi connectivity index (χ1v) is 8.87. The number of ketones is 1. The summed E-state index contributed by atoms with van der Waals surface area (Å²) < 4.78 is 0. The Kier molecular flexibility index (Phi) is 6.13. The molecule has 0 aliphatic carbocycles. The molecule has 1 atom stereocenters. The smallest absolute Gasteiger partial charge is 0.223 e. The van der Waals surface area contributed by atoms with E-state index in [1.165, 1.54) is 0 Å². The van der Waals surface area contributed by atoms with Crippen molar-refractivity contribution >= 4 is 11.7 Å². The van der Waals surface area contributed by atoms with E-state index >= 15 is 0 Å². The molecule has 132 valence electrons. The second-order valence-corrected chi connectivity index (χ2v) is 6.64. The molecule has 0 N–H and O–H groups in total. The molecular formula is C22H27NO2. The molecule has 0 heterocycles. The van der Waals surface area contributed by atoms with Crippen LogP contribution in [-0.4, -0.2) is 29.7 Å². The van der Waals surface area contributed by atoms with Gasteiger partial charge in [0.15, 0.2) is 5.78 Å². The third-order valence-electron chi connectivity index (χ3n) is 4.85. The van der Waals surface area contributed by atoms with Crippen LogP contribution in [0.15, 0.2) is 54.6 Å². The highest BCUT2D eigenvalue weighted by molar-refractivity contribution is 6.06. The van der Waals surface area contributed by atoms with E-state index in [4.69, 9.17) is 0 Å². The summed E-state index contributed by atoms with van der Waals surface area (Å²) in [5.41, 5.74) is 1.75. The predicted molar refractivity (Wildman–Crippen MR) is 102 cm³/mol. The number of amides is 1. The standard InChI is InChI=1S/C22H27NO2/c1-5-23(6-2)20(24)16-22(4,19-10-8-7-9-11-19)21(25)18-14-12-17(3)13-15-18/h7-15H,5-6,16H2,1-4H3/t22-/m1/s1. The molecule has 0 saturated carbocycles. The summed E-state index contributed by atoms with van der Waals surface area (Å²) in [6.07, 6.45) is 0.172. The van der Waals surface area contributed by atoms with Crippen LogP contribution in [0.4, 0.5) is 0 Å². The van der Waals surface area contributed by atoms with Crippen LogP contribution in [0.3, 0.4) is 0 Å². The second kappa shape index (κ2) is 8.11. The maximum Gasteiger partial charge on any atom is 0.223 e. The molecule has 0 unspecified atom stereocenters. The lowest BCUT2D eigenvalue weighted by molar-refractivity contribution is -0.131. The van der Waals surface area contributed by atoms with Gasteiger partial charge in [0.05, 0.1) is 5.41 Å². The summed E-state index contributed by atoms with van der Waals surface area (Å²) in [6.45, 7) is 9.10. The van der Waals surface area contributed by atoms with E-state index in [-0.39, 0.29) is 18.1 Å². The molecule has 2 aromatic carbocycles. The van der Waals surface area contributed by atoms with Crippen molar-refractivity contribution in [2.45, 2.75) is 39.5 Å². The monoisotopic (exact) mass is 337 g/mol. The molecule has 0 radical (unpaired) electrons. The van der Waals surface area contributed by atoms with Gasteiger partial charge in [0.2, 0.25) is 5.91 Å². The van der Waals surface area contributed by atoms with Crippen molar-refractivity contribution in [1.82, 2.24) is 4.90 Å². The fraction of sp³-hybridized carbons (Fsp3) is 0.364. The van der Waals surface area contributed by atoms with Gasteiger partial charge in [-0.1, -0.05) is 60.2 Å². The first kappa shape index (κ1) is 18.9. The van der Waals surface area contributed by atoms with Gasteiger partial charge in [-0.05, 0) is 33.3 Å². The largest absolute Gasteiger partial charge is 0.343 e. The molecular weight excluding hydrogens is 310 g/mol. The molecule has 0 bridgehead atoms. The molecule has 0 fully saturated rings. The zero-order chi connectivity index (χ0) is 18.4. The Morgan fingerprint density at radius 1 is 0.920 bits per heavy atom. The van der Waals surface area contributed by atoms with E-state index in [2.05, 4.69) is 0 Å². The topological polar surface area (TPSA) is 37.4 Å². The summed E-state index contributed by atoms with van der Waals surface area (Å²) >= 11 is 0. The van der Waals surface area contributed by atoms with E-state index in [1.807, 2.05) is 82.3 Å². The molecule has 2 rings (SSSR count). The van der Waals surface area contributed by atoms with Crippen LogP contribution < -0.4 is 0 Å². The van der Waals surface area contributed by atoms with Gasteiger partial charge in [0, 0.05) is 25.1 Å². The normalized spacial score (nSPS) is 13.1. The number of hydrogen-bond donors (Lipinski definition) is 0. The van der Waals surface area contributed by atoms with Crippen molar-refractivity contribution in [3.05, 3.63) is 71.3 Å². The summed E-state index contributed by atoms with van der Waals surface area (Å²) in [5.74, 6) is -0.00368. The van der Waals surface area contributed by atoms with Gasteiger partial charge in [0.25, 0.3) is 0 Å². The molecule has 1 amide bonds. The maximum absolute atomic E-state index is 13.3. The van der Waals surface area contributed by atoms with Gasteiger partial charge in [0.1, 0.15) is 0 Å². The lowest BCUT2D eigenvalue weighted by atomic mass is 9.73. The summed E-state index contributed by atoms with van der Waals surface area (Å²) in [4.78, 5) is 27.9. The maximum atomic E-state index is 13.3. The fourth-order valence-corrected chi connectivity index (χ4v) is 3.13. The summed E-state index contributed by atoms with van der Waals surface area (Å²) in [7, 11) is 0. The Bertz CT molecular complexity index is 717. The first-order chi connectivity index (χ1) is 11.9. The zero-order valence-corrected chi connectivity index (χ0v) is 15.6. The Morgan fingerprint density at radius 3 is 2.00 bits per heavy atom. The van der Waals surface area contributed by atoms with E-state index in [1.54, 1.807) is 4.90 Å². The SMILES string of the molecule is CCN(CC)C(=O)C[C@@](C)(C(=O)c1ccc(C)cc1)c1ccccc1. The average molecular weight is 337 g/mol. The lowest BCUT2D eigenvalue weighted by Gasteiger charge is -2.31. The van der Waals surface area contributed by atoms with Crippen LogP contribution in [0, 0.1) is 6.92 Å². The predicted octanol–water partition coefficient (Wildman–Crippen LogP) is 4.39. The van der Waals surface area contributed by atoms with E-state index < -0.39 is 5.41 Å². The van der Waals surface area contributed by atoms with Crippen molar-refractivity contribution in [3.63, 3.8) is 0 Å². The molecule has 0 aliphatic heterocycles. The second-order valence-electron chi connectivity index (χ2n) is 6.64. The Morgan fingerprint density at radius 2 is 1.48 bits per heavy atom. The van der Waals surface area contributed by atoms with Crippen molar-refractivity contribution in [1.29, 1.82) is 0 Å². The van der Waals surface area contributed by atoms with Crippen LogP contribution in [0.25, 0.3) is 0 Å². The van der Waals surface area contributed by atoms with E-state index in [0.29, 0.717) is 18.7 Å². The molecule has 0 saturated heterocycles. The number of hydrogen-bond acceptors (Lipinski definition) is 2. The Labute approximate surface area is 150 Å². The zero-order valence-electron chi connectivity index (χ0n) is 15.6. The van der Waals surface area contributed by atoms with Crippen molar-refractivity contribution in [3.8, 4) is 0 Å². The lowest BCUT2D eigenvalue weighted by Crippen LogP contribution is -2.41. The number of carbonyl (C=O) groups is 2. The summed E-state index contributed by atoms with van der Waals surface area (Å²) in [5, 5.41) is 0. The highest BCUT2D eigenvalue weighted by Crippen LogP contribution is 2.32. The van der Waals surface area contributed by atoms with Gasteiger partial charge in [-0.3, -0.25) is 9.59 Å². The average Bonchev–Trinajstić information content (AvgIpc) is 2.63. The first-order valence-electron chi connectivity index (χ1n) is 8.87. The van der Waals surface area contributed by atoms with E-state index in [9.17, 15) is 9.59 Å². The van der Waals surface area contributed by atoms with Crippen LogP contribution >= 0.6 is 0 Å². The van der Waals surface area contributed by atoms with Gasteiger partial charge < -0.3 is 4.90 Å². The quantitative estimate of drug-likeness (QED) is 0.703. The molecule has 0 aromatic heterocycles. The number of Topliss-reactive ketones (excluding diaryl/α,β-unsaturated/α-hetero) is 1. The van der Waals surface area contributed by atoms with Crippen molar-refractivity contribution < 1.29 is 9.59 Å². The van der Waals surface area contributed by atoms with Crippen LogP contribution in [-0.2, 0) is 10.2 Å². The van der Waals surface area contributed by atoms with Crippen molar-refractivity contribution in [2.75, 3.05) is 13.1 Å². The highest BCUT2D eigenvalue weighted by Gasteiger charge is 2.38. The molecule has 3 nitrogen and oxygen atoms in total. The Hall–Kier alpha value is -2.42. The third-order valence-corrected chi connectivity index (χ3v) is 4.85. The van der Waals surface area contributed by atoms with Crippen LogP contribution in [0.1, 0.15) is 48.7 Å². The Balaban J connectivity index is 2.44. The number of rotatable bonds is 7. The molecule has 0 spiro atoms. The third kappa shape index (κ3) is 4.16. The van der Waals surface area contributed by atoms with Crippen molar-refractivity contribution in [2.24, 2.45) is 0 Å². The minimum absolute atomic E-state index is 0.0109.